The molecule has 0 spiro atoms. The molecule has 6 heteroatoms. The Balaban J connectivity index is 2.45. The minimum absolute atomic E-state index is 0.259. The molecule has 0 unspecified atom stereocenters. The van der Waals surface area contributed by atoms with Gasteiger partial charge in [-0.15, -0.1) is 0 Å². The minimum atomic E-state index is -0.903. The fourth-order valence-electron chi connectivity index (χ4n) is 3.60. The SMILES string of the molecule is CC(C)(C)OC(=O)[C@@H]1N[C@H](c2ccccc2)[C@H]([N+](=O)[O-])[C@H]1C(C)(C)C. The second kappa shape index (κ2) is 6.75. The monoisotopic (exact) mass is 348 g/mol. The molecule has 1 aromatic rings. The van der Waals surface area contributed by atoms with Crippen LogP contribution in [0.2, 0.25) is 0 Å². The highest BCUT2D eigenvalue weighted by Crippen LogP contribution is 2.43. The van der Waals surface area contributed by atoms with Gasteiger partial charge in [0.05, 0.1) is 5.92 Å². The molecule has 6 nitrogen and oxygen atoms in total. The molecule has 1 saturated heterocycles. The molecule has 1 aliphatic rings. The van der Waals surface area contributed by atoms with Crippen LogP contribution in [0.5, 0.6) is 0 Å². The molecular formula is C19H28N2O4. The lowest BCUT2D eigenvalue weighted by atomic mass is 9.73. The Bertz CT molecular complexity index is 631. The third-order valence-corrected chi connectivity index (χ3v) is 4.49. The summed E-state index contributed by atoms with van der Waals surface area (Å²) < 4.78 is 5.54. The standard InChI is InChI=1S/C19H28N2O4/c1-18(2,3)13-15(17(22)25-19(4,5)6)20-14(16(13)21(23)24)12-10-8-7-9-11-12/h7-11,13-16,20H,1-6H3/t13-,14+,15+,16+/m0/s1. The van der Waals surface area contributed by atoms with Crippen LogP contribution >= 0.6 is 0 Å². The average Bonchev–Trinajstić information content (AvgIpc) is 2.87. The second-order valence-electron chi connectivity index (χ2n) is 8.73. The molecule has 0 bridgehead atoms. The van der Waals surface area contributed by atoms with Crippen LogP contribution < -0.4 is 5.32 Å². The van der Waals surface area contributed by atoms with Crippen molar-refractivity contribution in [2.45, 2.75) is 65.3 Å². The number of rotatable bonds is 3. The van der Waals surface area contributed by atoms with Crippen molar-refractivity contribution in [2.75, 3.05) is 0 Å². The molecule has 0 amide bonds. The smallest absolute Gasteiger partial charge is 0.324 e. The lowest BCUT2D eigenvalue weighted by molar-refractivity contribution is -0.535. The predicted molar refractivity (Wildman–Crippen MR) is 95.7 cm³/mol. The molecule has 0 aliphatic carbocycles. The Morgan fingerprint density at radius 2 is 1.68 bits per heavy atom. The Kier molecular flexibility index (Phi) is 5.23. The van der Waals surface area contributed by atoms with E-state index in [9.17, 15) is 14.9 Å². The van der Waals surface area contributed by atoms with Gasteiger partial charge in [-0.05, 0) is 31.7 Å². The van der Waals surface area contributed by atoms with Crippen LogP contribution in [-0.4, -0.2) is 28.6 Å². The number of esters is 1. The average molecular weight is 348 g/mol. The lowest BCUT2D eigenvalue weighted by Crippen LogP contribution is -2.46. The van der Waals surface area contributed by atoms with Crippen LogP contribution in [-0.2, 0) is 9.53 Å². The first kappa shape index (κ1) is 19.4. The number of hydrogen-bond acceptors (Lipinski definition) is 5. The number of carbonyl (C=O) groups is 1. The van der Waals surface area contributed by atoms with E-state index in [2.05, 4.69) is 5.32 Å². The van der Waals surface area contributed by atoms with Gasteiger partial charge in [0.1, 0.15) is 17.7 Å². The van der Waals surface area contributed by atoms with Crippen LogP contribution in [0.15, 0.2) is 30.3 Å². The van der Waals surface area contributed by atoms with E-state index in [-0.39, 0.29) is 4.92 Å². The summed E-state index contributed by atoms with van der Waals surface area (Å²) in [6, 6.07) is 7.11. The van der Waals surface area contributed by atoms with Gasteiger partial charge in [-0.1, -0.05) is 51.1 Å². The second-order valence-corrected chi connectivity index (χ2v) is 8.73. The predicted octanol–water partition coefficient (Wildman–Crippen LogP) is 3.35. The summed E-state index contributed by atoms with van der Waals surface area (Å²) >= 11 is 0. The molecule has 1 aromatic carbocycles. The Morgan fingerprint density at radius 3 is 2.12 bits per heavy atom. The van der Waals surface area contributed by atoms with Gasteiger partial charge >= 0.3 is 5.97 Å². The van der Waals surface area contributed by atoms with Gasteiger partial charge in [0.25, 0.3) is 0 Å². The molecule has 1 fully saturated rings. The summed E-state index contributed by atoms with van der Waals surface area (Å²) in [5, 5.41) is 15.1. The van der Waals surface area contributed by atoms with Crippen molar-refractivity contribution in [2.24, 2.45) is 11.3 Å². The van der Waals surface area contributed by atoms with E-state index in [1.165, 1.54) is 0 Å². The van der Waals surface area contributed by atoms with Gasteiger partial charge < -0.3 is 4.74 Å². The van der Waals surface area contributed by atoms with Crippen molar-refractivity contribution >= 4 is 5.97 Å². The summed E-state index contributed by atoms with van der Waals surface area (Å²) in [4.78, 5) is 24.4. The minimum Gasteiger partial charge on any atom is -0.459 e. The zero-order chi connectivity index (χ0) is 19.0. The topological polar surface area (TPSA) is 81.5 Å². The van der Waals surface area contributed by atoms with Crippen LogP contribution in [0.4, 0.5) is 0 Å². The zero-order valence-electron chi connectivity index (χ0n) is 15.8. The molecule has 0 radical (unpaired) electrons. The summed E-state index contributed by atoms with van der Waals surface area (Å²) in [5.41, 5.74) is -0.268. The number of hydrogen-bond donors (Lipinski definition) is 1. The molecule has 25 heavy (non-hydrogen) atoms. The van der Waals surface area contributed by atoms with Crippen LogP contribution in [0.1, 0.15) is 53.1 Å². The van der Waals surface area contributed by atoms with Crippen LogP contribution in [0.25, 0.3) is 0 Å². The number of ether oxygens (including phenoxy) is 1. The summed E-state index contributed by atoms with van der Waals surface area (Å²) in [6.07, 6.45) is 0. The van der Waals surface area contributed by atoms with Gasteiger partial charge in [-0.2, -0.15) is 0 Å². The number of nitro groups is 1. The van der Waals surface area contributed by atoms with E-state index >= 15 is 0 Å². The number of nitrogens with one attached hydrogen (secondary N) is 1. The molecule has 0 aromatic heterocycles. The maximum absolute atomic E-state index is 12.8. The molecular weight excluding hydrogens is 320 g/mol. The van der Waals surface area contributed by atoms with E-state index in [0.717, 1.165) is 5.56 Å². The molecule has 2 rings (SSSR count). The van der Waals surface area contributed by atoms with E-state index in [4.69, 9.17) is 4.74 Å². The number of nitrogens with zero attached hydrogens (tertiary/aromatic N) is 1. The van der Waals surface area contributed by atoms with Gasteiger partial charge in [0.2, 0.25) is 6.04 Å². The largest absolute Gasteiger partial charge is 0.459 e. The molecule has 4 atom stereocenters. The van der Waals surface area contributed by atoms with Crippen molar-refractivity contribution in [3.63, 3.8) is 0 Å². The van der Waals surface area contributed by atoms with Gasteiger partial charge in [-0.25, -0.2) is 0 Å². The van der Waals surface area contributed by atoms with Crippen molar-refractivity contribution in [3.8, 4) is 0 Å². The Hall–Kier alpha value is -1.95. The lowest BCUT2D eigenvalue weighted by Gasteiger charge is -2.32. The molecule has 1 aliphatic heterocycles. The highest BCUT2D eigenvalue weighted by molar-refractivity contribution is 5.77. The van der Waals surface area contributed by atoms with E-state index < -0.39 is 41.0 Å². The first-order valence-electron chi connectivity index (χ1n) is 8.59. The first-order valence-corrected chi connectivity index (χ1v) is 8.59. The van der Waals surface area contributed by atoms with Crippen LogP contribution in [0, 0.1) is 21.4 Å². The van der Waals surface area contributed by atoms with Gasteiger partial charge in [-0.3, -0.25) is 20.2 Å². The maximum atomic E-state index is 12.8. The zero-order valence-corrected chi connectivity index (χ0v) is 15.8. The third kappa shape index (κ3) is 4.37. The summed E-state index contributed by atoms with van der Waals surface area (Å²) in [5.74, 6) is -0.916. The quantitative estimate of drug-likeness (QED) is 0.515. The normalized spacial score (nSPS) is 27.1. The number of benzene rings is 1. The summed E-state index contributed by atoms with van der Waals surface area (Å²) in [7, 11) is 0. The van der Waals surface area contributed by atoms with Gasteiger partial charge in [0.15, 0.2) is 0 Å². The Morgan fingerprint density at radius 1 is 1.12 bits per heavy atom. The van der Waals surface area contributed by atoms with Crippen molar-refractivity contribution in [1.29, 1.82) is 0 Å². The highest BCUT2D eigenvalue weighted by atomic mass is 16.6. The Labute approximate surface area is 149 Å². The van der Waals surface area contributed by atoms with Crippen molar-refractivity contribution in [3.05, 3.63) is 46.0 Å². The molecule has 0 saturated carbocycles. The third-order valence-electron chi connectivity index (χ3n) is 4.49. The molecule has 138 valence electrons. The van der Waals surface area contributed by atoms with Crippen molar-refractivity contribution in [1.82, 2.24) is 5.32 Å². The van der Waals surface area contributed by atoms with E-state index in [1.54, 1.807) is 20.8 Å². The first-order chi connectivity index (χ1) is 11.4. The fourth-order valence-corrected chi connectivity index (χ4v) is 3.60. The fraction of sp³-hybridized carbons (Fsp3) is 0.632. The number of carbonyl (C=O) groups excluding carboxylic acids is 1. The van der Waals surface area contributed by atoms with Crippen LogP contribution in [0.3, 0.4) is 0 Å². The summed E-state index contributed by atoms with van der Waals surface area (Å²) in [6.45, 7) is 11.2. The van der Waals surface area contributed by atoms with E-state index in [1.807, 2.05) is 51.1 Å². The maximum Gasteiger partial charge on any atom is 0.324 e. The van der Waals surface area contributed by atoms with Crippen molar-refractivity contribution < 1.29 is 14.5 Å². The van der Waals surface area contributed by atoms with E-state index in [0.29, 0.717) is 0 Å². The highest BCUT2D eigenvalue weighted by Gasteiger charge is 2.58. The van der Waals surface area contributed by atoms with Gasteiger partial charge in [0, 0.05) is 4.92 Å². The molecule has 1 N–H and O–H groups in total. The molecule has 1 heterocycles.